The molecule has 1 heterocycles. The van der Waals surface area contributed by atoms with Crippen molar-refractivity contribution in [3.8, 4) is 16.9 Å². The highest BCUT2D eigenvalue weighted by Gasteiger charge is 2.32. The van der Waals surface area contributed by atoms with Crippen molar-refractivity contribution < 1.29 is 18.3 Å². The minimum atomic E-state index is -0.654. The zero-order valence-corrected chi connectivity index (χ0v) is 23.1. The fourth-order valence-corrected chi connectivity index (χ4v) is 6.73. The average molecular weight is 567 g/mol. The number of thiophene rings is 1. The Hall–Kier alpha value is -3.26. The van der Waals surface area contributed by atoms with Crippen LogP contribution in [0.15, 0.2) is 61.2 Å². The third kappa shape index (κ3) is 5.44. The quantitative estimate of drug-likeness (QED) is 0.246. The van der Waals surface area contributed by atoms with E-state index in [0.717, 1.165) is 71.4 Å². The molecule has 39 heavy (non-hydrogen) atoms. The largest absolute Gasteiger partial charge is 0.496 e. The van der Waals surface area contributed by atoms with E-state index in [-0.39, 0.29) is 44.5 Å². The molecule has 3 aromatic carbocycles. The molecule has 2 N–H and O–H groups in total. The summed E-state index contributed by atoms with van der Waals surface area (Å²) in [6, 6.07) is 16.0. The summed E-state index contributed by atoms with van der Waals surface area (Å²) in [6.45, 7) is 4.06. The number of ether oxygens (including phenoxy) is 1. The number of nitrogens with zero attached hydrogens (tertiary/aromatic N) is 1. The van der Waals surface area contributed by atoms with Crippen LogP contribution in [-0.2, 0) is 6.54 Å². The Morgan fingerprint density at radius 2 is 1.74 bits per heavy atom. The first-order chi connectivity index (χ1) is 18.8. The molecule has 4 aromatic rings. The SMILES string of the molecule is C=Cc1ccc(-c2ccc(OC)c(CN(C(=O)c3sc4c(F)ccc(F)c4c3Cl)[C@H]3CC[C@H](N)CC3)c2)cc1. The van der Waals surface area contributed by atoms with Gasteiger partial charge in [-0.3, -0.25) is 4.79 Å². The average Bonchev–Trinajstić information content (AvgIpc) is 3.32. The molecule has 1 aromatic heterocycles. The van der Waals surface area contributed by atoms with Gasteiger partial charge in [0.05, 0.1) is 22.2 Å². The molecule has 1 amide bonds. The van der Waals surface area contributed by atoms with E-state index >= 15 is 0 Å². The molecular weight excluding hydrogens is 538 g/mol. The van der Waals surface area contributed by atoms with Gasteiger partial charge < -0.3 is 15.4 Å². The maximum Gasteiger partial charge on any atom is 0.266 e. The van der Waals surface area contributed by atoms with Gasteiger partial charge in [-0.15, -0.1) is 11.3 Å². The van der Waals surface area contributed by atoms with E-state index in [1.165, 1.54) is 0 Å². The molecule has 0 saturated heterocycles. The first kappa shape index (κ1) is 27.3. The van der Waals surface area contributed by atoms with Crippen LogP contribution in [-0.4, -0.2) is 30.0 Å². The van der Waals surface area contributed by atoms with Gasteiger partial charge in [0.1, 0.15) is 22.3 Å². The Kier molecular flexibility index (Phi) is 8.03. The molecule has 0 aliphatic heterocycles. The third-order valence-electron chi connectivity index (χ3n) is 7.42. The van der Waals surface area contributed by atoms with Crippen LogP contribution in [0.4, 0.5) is 8.78 Å². The lowest BCUT2D eigenvalue weighted by Gasteiger charge is -2.36. The Bertz CT molecular complexity index is 1530. The Morgan fingerprint density at radius 3 is 2.38 bits per heavy atom. The van der Waals surface area contributed by atoms with Crippen LogP contribution >= 0.6 is 22.9 Å². The van der Waals surface area contributed by atoms with Crippen molar-refractivity contribution in [2.24, 2.45) is 5.73 Å². The molecular formula is C31H29ClF2N2O2S. The predicted molar refractivity (Wildman–Crippen MR) is 155 cm³/mol. The van der Waals surface area contributed by atoms with Gasteiger partial charge in [-0.1, -0.05) is 54.6 Å². The summed E-state index contributed by atoms with van der Waals surface area (Å²) >= 11 is 7.42. The van der Waals surface area contributed by atoms with Crippen molar-refractivity contribution in [2.75, 3.05) is 7.11 Å². The molecule has 1 fully saturated rings. The number of rotatable bonds is 7. The molecule has 1 aliphatic rings. The first-order valence-electron chi connectivity index (χ1n) is 12.8. The molecule has 0 bridgehead atoms. The van der Waals surface area contributed by atoms with Crippen LogP contribution in [0.25, 0.3) is 27.3 Å². The maximum atomic E-state index is 14.6. The second-order valence-electron chi connectivity index (χ2n) is 9.83. The van der Waals surface area contributed by atoms with Crippen molar-refractivity contribution in [1.82, 2.24) is 4.90 Å². The van der Waals surface area contributed by atoms with Crippen molar-refractivity contribution in [3.05, 3.63) is 93.8 Å². The van der Waals surface area contributed by atoms with Crippen molar-refractivity contribution in [2.45, 2.75) is 44.3 Å². The summed E-state index contributed by atoms with van der Waals surface area (Å²) in [7, 11) is 1.59. The zero-order chi connectivity index (χ0) is 27.7. The fourth-order valence-electron chi connectivity index (χ4n) is 5.22. The van der Waals surface area contributed by atoms with Crippen LogP contribution in [0.5, 0.6) is 5.75 Å². The van der Waals surface area contributed by atoms with Crippen LogP contribution < -0.4 is 10.5 Å². The summed E-state index contributed by atoms with van der Waals surface area (Å²) in [5, 5.41) is -0.115. The summed E-state index contributed by atoms with van der Waals surface area (Å²) in [4.78, 5) is 16.0. The van der Waals surface area contributed by atoms with E-state index in [0.29, 0.717) is 5.75 Å². The molecule has 5 rings (SSSR count). The normalized spacial score (nSPS) is 17.3. The predicted octanol–water partition coefficient (Wildman–Crippen LogP) is 8.06. The molecule has 202 valence electrons. The minimum absolute atomic E-state index is 0.0384. The summed E-state index contributed by atoms with van der Waals surface area (Å²) < 4.78 is 34.9. The number of carbonyl (C=O) groups excluding carboxylic acids is 1. The van der Waals surface area contributed by atoms with Crippen LogP contribution in [0.3, 0.4) is 0 Å². The number of carbonyl (C=O) groups is 1. The molecule has 8 heteroatoms. The molecule has 0 atom stereocenters. The number of nitrogens with two attached hydrogens (primary N) is 1. The summed E-state index contributed by atoms with van der Waals surface area (Å²) in [5.74, 6) is -0.974. The van der Waals surface area contributed by atoms with E-state index in [1.807, 2.05) is 42.5 Å². The fraction of sp³-hybridized carbons (Fsp3) is 0.258. The maximum absolute atomic E-state index is 14.6. The first-order valence-corrected chi connectivity index (χ1v) is 14.0. The standard InChI is InChI=1S/C31H29ClF2N2O2S/c1-3-18-4-6-19(7-5-18)20-8-15-26(38-2)21(16-20)17-36(23-11-9-22(35)10-12-23)31(37)30-28(32)27-24(33)13-14-25(34)29(27)39-30/h3-8,13-16,22-23H,1,9-12,17,35H2,2H3/t22-,23-. The van der Waals surface area contributed by atoms with Crippen molar-refractivity contribution in [1.29, 1.82) is 0 Å². The van der Waals surface area contributed by atoms with Crippen LogP contribution in [0.1, 0.15) is 46.5 Å². The summed E-state index contributed by atoms with van der Waals surface area (Å²) in [6.07, 6.45) is 4.81. The minimum Gasteiger partial charge on any atom is -0.496 e. The van der Waals surface area contributed by atoms with Crippen LogP contribution in [0.2, 0.25) is 5.02 Å². The molecule has 0 spiro atoms. The number of fused-ring (bicyclic) bond motifs is 1. The third-order valence-corrected chi connectivity index (χ3v) is 9.10. The number of hydrogen-bond acceptors (Lipinski definition) is 4. The van der Waals surface area contributed by atoms with E-state index in [9.17, 15) is 13.6 Å². The van der Waals surface area contributed by atoms with Crippen LogP contribution in [0, 0.1) is 11.6 Å². The van der Waals surface area contributed by atoms with Gasteiger partial charge in [-0.2, -0.15) is 0 Å². The Morgan fingerprint density at radius 1 is 1.08 bits per heavy atom. The number of methoxy groups -OCH3 is 1. The monoisotopic (exact) mass is 566 g/mol. The van der Waals surface area contributed by atoms with E-state index in [4.69, 9.17) is 22.1 Å². The van der Waals surface area contributed by atoms with Gasteiger partial charge in [-0.05, 0) is 66.6 Å². The van der Waals surface area contributed by atoms with Gasteiger partial charge in [0.25, 0.3) is 5.91 Å². The highest BCUT2D eigenvalue weighted by molar-refractivity contribution is 7.21. The molecule has 1 saturated carbocycles. The van der Waals surface area contributed by atoms with E-state index in [1.54, 1.807) is 18.1 Å². The van der Waals surface area contributed by atoms with E-state index in [2.05, 4.69) is 6.58 Å². The topological polar surface area (TPSA) is 55.6 Å². The van der Waals surface area contributed by atoms with Gasteiger partial charge in [-0.25, -0.2) is 8.78 Å². The molecule has 0 unspecified atom stereocenters. The van der Waals surface area contributed by atoms with Gasteiger partial charge in [0, 0.05) is 24.2 Å². The lowest BCUT2D eigenvalue weighted by Crippen LogP contribution is -2.43. The van der Waals surface area contributed by atoms with Gasteiger partial charge in [0.2, 0.25) is 0 Å². The van der Waals surface area contributed by atoms with Crippen molar-refractivity contribution in [3.63, 3.8) is 0 Å². The Labute approximate surface area is 235 Å². The number of amides is 1. The molecule has 1 aliphatic carbocycles. The Balaban J connectivity index is 1.56. The van der Waals surface area contributed by atoms with Crippen molar-refractivity contribution >= 4 is 45.0 Å². The molecule has 0 radical (unpaired) electrons. The van der Waals surface area contributed by atoms with Gasteiger partial charge >= 0.3 is 0 Å². The number of halogens is 3. The zero-order valence-electron chi connectivity index (χ0n) is 21.6. The molecule has 4 nitrogen and oxygen atoms in total. The smallest absolute Gasteiger partial charge is 0.266 e. The lowest BCUT2D eigenvalue weighted by atomic mass is 9.90. The van der Waals surface area contributed by atoms with Gasteiger partial charge in [0.15, 0.2) is 0 Å². The second kappa shape index (κ2) is 11.5. The number of benzene rings is 3. The number of hydrogen-bond donors (Lipinski definition) is 1. The van der Waals surface area contributed by atoms with E-state index < -0.39 is 11.6 Å². The lowest BCUT2D eigenvalue weighted by molar-refractivity contribution is 0.0610. The highest BCUT2D eigenvalue weighted by Crippen LogP contribution is 2.40. The summed E-state index contributed by atoms with van der Waals surface area (Å²) in [5.41, 5.74) is 10.00. The second-order valence-corrected chi connectivity index (χ2v) is 11.2. The highest BCUT2D eigenvalue weighted by atomic mass is 35.5.